The predicted octanol–water partition coefficient (Wildman–Crippen LogP) is 2.41. The van der Waals surface area contributed by atoms with E-state index in [1.807, 2.05) is 0 Å². The Bertz CT molecular complexity index is 377. The van der Waals surface area contributed by atoms with Gasteiger partial charge < -0.3 is 9.84 Å². The van der Waals surface area contributed by atoms with Crippen LogP contribution >= 0.6 is 0 Å². The Morgan fingerprint density at radius 3 is 2.68 bits per heavy atom. The lowest BCUT2D eigenvalue weighted by Gasteiger charge is -2.16. The molecule has 0 bridgehead atoms. The summed E-state index contributed by atoms with van der Waals surface area (Å²) in [6.07, 6.45) is -4.20. The molecule has 0 saturated heterocycles. The summed E-state index contributed by atoms with van der Waals surface area (Å²) in [5, 5.41) is 7.01. The number of halogens is 3. The van der Waals surface area contributed by atoms with Crippen LogP contribution in [0.3, 0.4) is 0 Å². The van der Waals surface area contributed by atoms with E-state index >= 15 is 0 Å². The van der Waals surface area contributed by atoms with Crippen molar-refractivity contribution in [2.75, 3.05) is 20.1 Å². The third kappa shape index (κ3) is 7.17. The van der Waals surface area contributed by atoms with Gasteiger partial charge in [0.1, 0.15) is 0 Å². The van der Waals surface area contributed by atoms with E-state index in [0.29, 0.717) is 23.9 Å². The van der Waals surface area contributed by atoms with E-state index in [1.165, 1.54) is 7.05 Å². The molecule has 1 aromatic heterocycles. The second-order valence-corrected chi connectivity index (χ2v) is 5.10. The van der Waals surface area contributed by atoms with Crippen LogP contribution in [0.15, 0.2) is 10.6 Å². The molecule has 1 rings (SSSR count). The third-order valence-electron chi connectivity index (χ3n) is 2.34. The van der Waals surface area contributed by atoms with Gasteiger partial charge in [-0.25, -0.2) is 0 Å². The molecule has 1 aromatic rings. The molecule has 4 nitrogen and oxygen atoms in total. The summed E-state index contributed by atoms with van der Waals surface area (Å²) >= 11 is 0. The topological polar surface area (TPSA) is 41.3 Å². The minimum Gasteiger partial charge on any atom is -0.360 e. The van der Waals surface area contributed by atoms with Crippen molar-refractivity contribution >= 4 is 0 Å². The van der Waals surface area contributed by atoms with Crippen molar-refractivity contribution in [2.45, 2.75) is 33.1 Å². The van der Waals surface area contributed by atoms with E-state index in [0.717, 1.165) is 11.4 Å². The fourth-order valence-corrected chi connectivity index (χ4v) is 1.63. The molecule has 7 heteroatoms. The van der Waals surface area contributed by atoms with Gasteiger partial charge in [0.05, 0.1) is 18.8 Å². The molecule has 0 aromatic carbocycles. The van der Waals surface area contributed by atoms with Gasteiger partial charge in [0.15, 0.2) is 5.76 Å². The lowest BCUT2D eigenvalue weighted by molar-refractivity contribution is -0.144. The maximum absolute atomic E-state index is 12.2. The molecule has 0 aliphatic rings. The molecular weight excluding hydrogens is 259 g/mol. The lowest BCUT2D eigenvalue weighted by Crippen LogP contribution is -2.30. The Balaban J connectivity index is 2.38. The van der Waals surface area contributed by atoms with Crippen LogP contribution in [0, 0.1) is 5.92 Å². The molecule has 0 aliphatic carbocycles. The number of hydrogen-bond donors (Lipinski definition) is 1. The van der Waals surface area contributed by atoms with Crippen molar-refractivity contribution in [1.29, 1.82) is 0 Å². The first-order chi connectivity index (χ1) is 8.76. The van der Waals surface area contributed by atoms with Crippen molar-refractivity contribution in [3.63, 3.8) is 0 Å². The van der Waals surface area contributed by atoms with Gasteiger partial charge in [0.2, 0.25) is 0 Å². The quantitative estimate of drug-likeness (QED) is 0.832. The minimum absolute atomic E-state index is 0.0939. The predicted molar refractivity (Wildman–Crippen MR) is 65.4 cm³/mol. The highest BCUT2D eigenvalue weighted by atomic mass is 19.4. The zero-order chi connectivity index (χ0) is 14.5. The van der Waals surface area contributed by atoms with Crippen molar-refractivity contribution in [3.05, 3.63) is 17.5 Å². The van der Waals surface area contributed by atoms with Crippen LogP contribution in [0.5, 0.6) is 0 Å². The average molecular weight is 279 g/mol. The molecule has 1 N–H and O–H groups in total. The SMILES string of the molecule is CC(C)CNCc1cc(CN(C)CC(F)(F)F)on1. The van der Waals surface area contributed by atoms with Crippen molar-refractivity contribution in [1.82, 2.24) is 15.4 Å². The van der Waals surface area contributed by atoms with Crippen LogP contribution < -0.4 is 5.32 Å². The van der Waals surface area contributed by atoms with E-state index in [9.17, 15) is 13.2 Å². The highest BCUT2D eigenvalue weighted by Crippen LogP contribution is 2.17. The summed E-state index contributed by atoms with van der Waals surface area (Å²) in [6.45, 7) is 4.73. The zero-order valence-corrected chi connectivity index (χ0v) is 11.4. The smallest absolute Gasteiger partial charge is 0.360 e. The molecule has 0 amide bonds. The fourth-order valence-electron chi connectivity index (χ4n) is 1.63. The molecular formula is C12H20F3N3O. The van der Waals surface area contributed by atoms with Gasteiger partial charge in [-0.05, 0) is 19.5 Å². The first-order valence-corrected chi connectivity index (χ1v) is 6.16. The Kier molecular flexibility index (Phi) is 5.81. The zero-order valence-electron chi connectivity index (χ0n) is 11.4. The second kappa shape index (κ2) is 6.91. The Morgan fingerprint density at radius 2 is 2.11 bits per heavy atom. The van der Waals surface area contributed by atoms with Gasteiger partial charge >= 0.3 is 6.18 Å². The summed E-state index contributed by atoms with van der Waals surface area (Å²) < 4.78 is 41.5. The summed E-state index contributed by atoms with van der Waals surface area (Å²) in [5.41, 5.74) is 0.705. The summed E-state index contributed by atoms with van der Waals surface area (Å²) in [5.74, 6) is 0.970. The Labute approximate surface area is 110 Å². The van der Waals surface area contributed by atoms with Crippen LogP contribution in [0.4, 0.5) is 13.2 Å². The molecule has 0 unspecified atom stereocenters. The van der Waals surface area contributed by atoms with Crippen LogP contribution in [-0.2, 0) is 13.1 Å². The number of nitrogens with zero attached hydrogens (tertiary/aromatic N) is 2. The maximum atomic E-state index is 12.2. The second-order valence-electron chi connectivity index (χ2n) is 5.10. The minimum atomic E-state index is -4.20. The normalized spacial score (nSPS) is 12.6. The third-order valence-corrected chi connectivity index (χ3v) is 2.34. The van der Waals surface area contributed by atoms with Gasteiger partial charge in [-0.1, -0.05) is 19.0 Å². The highest BCUT2D eigenvalue weighted by molar-refractivity contribution is 5.05. The van der Waals surface area contributed by atoms with Gasteiger partial charge in [-0.15, -0.1) is 0 Å². The number of nitrogens with one attached hydrogen (secondary N) is 1. The van der Waals surface area contributed by atoms with Crippen molar-refractivity contribution in [2.24, 2.45) is 5.92 Å². The number of hydrogen-bond acceptors (Lipinski definition) is 4. The van der Waals surface area contributed by atoms with Gasteiger partial charge in [-0.2, -0.15) is 13.2 Å². The van der Waals surface area contributed by atoms with Crippen LogP contribution in [0.25, 0.3) is 0 Å². The van der Waals surface area contributed by atoms with E-state index < -0.39 is 12.7 Å². The van der Waals surface area contributed by atoms with Gasteiger partial charge in [0, 0.05) is 12.6 Å². The lowest BCUT2D eigenvalue weighted by atomic mass is 10.2. The Morgan fingerprint density at radius 1 is 1.42 bits per heavy atom. The molecule has 110 valence electrons. The van der Waals surface area contributed by atoms with E-state index in [4.69, 9.17) is 4.52 Å². The van der Waals surface area contributed by atoms with E-state index in [2.05, 4.69) is 24.3 Å². The molecule has 0 spiro atoms. The molecule has 19 heavy (non-hydrogen) atoms. The largest absolute Gasteiger partial charge is 0.401 e. The van der Waals surface area contributed by atoms with E-state index in [1.54, 1.807) is 6.07 Å². The first kappa shape index (κ1) is 16.0. The van der Waals surface area contributed by atoms with Gasteiger partial charge in [-0.3, -0.25) is 4.90 Å². The molecule has 0 radical (unpaired) electrons. The summed E-state index contributed by atoms with van der Waals surface area (Å²) in [7, 11) is 1.40. The van der Waals surface area contributed by atoms with E-state index in [-0.39, 0.29) is 6.54 Å². The van der Waals surface area contributed by atoms with Crippen LogP contribution in [0.2, 0.25) is 0 Å². The van der Waals surface area contributed by atoms with Crippen LogP contribution in [0.1, 0.15) is 25.3 Å². The summed E-state index contributed by atoms with van der Waals surface area (Å²) in [6, 6.07) is 1.68. The molecule has 0 aliphatic heterocycles. The average Bonchev–Trinajstić information content (AvgIpc) is 2.61. The fraction of sp³-hybridized carbons (Fsp3) is 0.750. The molecule has 0 atom stereocenters. The molecule has 0 fully saturated rings. The maximum Gasteiger partial charge on any atom is 0.401 e. The highest BCUT2D eigenvalue weighted by Gasteiger charge is 2.29. The monoisotopic (exact) mass is 279 g/mol. The molecule has 1 heterocycles. The van der Waals surface area contributed by atoms with Crippen LogP contribution in [-0.4, -0.2) is 36.4 Å². The molecule has 0 saturated carbocycles. The number of rotatable bonds is 7. The number of aromatic nitrogens is 1. The Hall–Kier alpha value is -1.08. The summed E-state index contributed by atoms with van der Waals surface area (Å²) in [4.78, 5) is 1.14. The first-order valence-electron chi connectivity index (χ1n) is 6.16. The van der Waals surface area contributed by atoms with Gasteiger partial charge in [0.25, 0.3) is 0 Å². The standard InChI is InChI=1S/C12H20F3N3O/c1-9(2)5-16-6-10-4-11(19-17-10)7-18(3)8-12(13,14)15/h4,9,16H,5-8H2,1-3H3. The van der Waals surface area contributed by atoms with Crippen molar-refractivity contribution in [3.8, 4) is 0 Å². The number of alkyl halides is 3. The van der Waals surface area contributed by atoms with Crippen molar-refractivity contribution < 1.29 is 17.7 Å².